The molecule has 3 heterocycles. The third-order valence-electron chi connectivity index (χ3n) is 5.71. The van der Waals surface area contributed by atoms with Crippen LogP contribution in [0.15, 0.2) is 17.2 Å². The third kappa shape index (κ3) is 4.92. The van der Waals surface area contributed by atoms with Crippen LogP contribution in [-0.4, -0.2) is 55.9 Å². The van der Waals surface area contributed by atoms with Crippen LogP contribution in [0.1, 0.15) is 49.5 Å². The number of carbonyl (C=O) groups excluding carboxylic acids is 1. The molecule has 2 N–H and O–H groups in total. The molecule has 1 amide bonds. The molecular formula is C19H32N4O3S. The zero-order valence-corrected chi connectivity index (χ0v) is 17.2. The summed E-state index contributed by atoms with van der Waals surface area (Å²) in [5, 5.41) is 6.32. The largest absolute Gasteiger partial charge is 0.351 e. The van der Waals surface area contributed by atoms with Crippen LogP contribution in [0.3, 0.4) is 0 Å². The summed E-state index contributed by atoms with van der Waals surface area (Å²) in [5.74, 6) is 0.758. The summed E-state index contributed by atoms with van der Waals surface area (Å²) >= 11 is 0. The fraction of sp³-hybridized carbons (Fsp3) is 0.737. The maximum Gasteiger partial charge on any atom is 0.267 e. The molecule has 8 heteroatoms. The Hall–Kier alpha value is -1.38. The normalized spacial score (nSPS) is 24.7. The van der Waals surface area contributed by atoms with E-state index < -0.39 is 10.0 Å². The Bertz CT molecular complexity index is 753. The Morgan fingerprint density at radius 1 is 1.33 bits per heavy atom. The molecular weight excluding hydrogens is 364 g/mol. The van der Waals surface area contributed by atoms with Gasteiger partial charge in [0.1, 0.15) is 10.6 Å². The lowest BCUT2D eigenvalue weighted by Crippen LogP contribution is -2.38. The van der Waals surface area contributed by atoms with Crippen molar-refractivity contribution in [2.24, 2.45) is 18.9 Å². The van der Waals surface area contributed by atoms with E-state index in [4.69, 9.17) is 0 Å². The van der Waals surface area contributed by atoms with E-state index in [-0.39, 0.29) is 10.8 Å². The number of hydrogen-bond donors (Lipinski definition) is 2. The molecule has 0 spiro atoms. The lowest BCUT2D eigenvalue weighted by Gasteiger charge is -2.29. The number of nitrogens with zero attached hydrogens (tertiary/aromatic N) is 2. The van der Waals surface area contributed by atoms with Gasteiger partial charge in [-0.3, -0.25) is 4.79 Å². The highest BCUT2D eigenvalue weighted by molar-refractivity contribution is 7.89. The second-order valence-corrected chi connectivity index (χ2v) is 9.98. The SMILES string of the molecule is CC1CCCN(S(=O)(=O)c2cc(C(=O)NCCC3CCCNC3)n(C)c2)C1. The predicted molar refractivity (Wildman–Crippen MR) is 105 cm³/mol. The topological polar surface area (TPSA) is 83.4 Å². The predicted octanol–water partition coefficient (Wildman–Crippen LogP) is 1.57. The quantitative estimate of drug-likeness (QED) is 0.764. The number of hydrogen-bond acceptors (Lipinski definition) is 4. The molecule has 3 rings (SSSR count). The van der Waals surface area contributed by atoms with Crippen LogP contribution >= 0.6 is 0 Å². The maximum absolute atomic E-state index is 12.9. The number of piperidine rings is 2. The highest BCUT2D eigenvalue weighted by atomic mass is 32.2. The standard InChI is InChI=1S/C19H32N4O3S/c1-15-5-4-10-23(13-15)27(25,26)17-11-18(22(2)14-17)19(24)21-9-7-16-6-3-8-20-12-16/h11,14-16,20H,3-10,12-13H2,1-2H3,(H,21,24). The van der Waals surface area contributed by atoms with Crippen LogP contribution in [0, 0.1) is 11.8 Å². The van der Waals surface area contributed by atoms with E-state index >= 15 is 0 Å². The smallest absolute Gasteiger partial charge is 0.267 e. The van der Waals surface area contributed by atoms with Gasteiger partial charge in [0.15, 0.2) is 0 Å². The highest BCUT2D eigenvalue weighted by Crippen LogP contribution is 2.24. The van der Waals surface area contributed by atoms with Gasteiger partial charge in [0.2, 0.25) is 10.0 Å². The Balaban J connectivity index is 1.61. The monoisotopic (exact) mass is 396 g/mol. The first-order chi connectivity index (χ1) is 12.9. The average molecular weight is 397 g/mol. The van der Waals surface area contributed by atoms with Gasteiger partial charge >= 0.3 is 0 Å². The van der Waals surface area contributed by atoms with Crippen molar-refractivity contribution in [3.63, 3.8) is 0 Å². The molecule has 1 aromatic heterocycles. The molecule has 0 radical (unpaired) electrons. The third-order valence-corrected chi connectivity index (χ3v) is 7.54. The Kier molecular flexibility index (Phi) is 6.60. The number of aromatic nitrogens is 1. The van der Waals surface area contributed by atoms with E-state index in [9.17, 15) is 13.2 Å². The van der Waals surface area contributed by atoms with Gasteiger partial charge in [-0.1, -0.05) is 6.92 Å². The van der Waals surface area contributed by atoms with Gasteiger partial charge < -0.3 is 15.2 Å². The molecule has 0 bridgehead atoms. The van der Waals surface area contributed by atoms with Gasteiger partial charge in [0.25, 0.3) is 5.91 Å². The van der Waals surface area contributed by atoms with Crippen LogP contribution < -0.4 is 10.6 Å². The van der Waals surface area contributed by atoms with Gasteiger partial charge in [-0.25, -0.2) is 8.42 Å². The fourth-order valence-electron chi connectivity index (χ4n) is 4.07. The number of aryl methyl sites for hydroxylation is 1. The number of amides is 1. The van der Waals surface area contributed by atoms with Crippen LogP contribution in [-0.2, 0) is 17.1 Å². The number of nitrogens with one attached hydrogen (secondary N) is 2. The van der Waals surface area contributed by atoms with E-state index in [2.05, 4.69) is 17.6 Å². The highest BCUT2D eigenvalue weighted by Gasteiger charge is 2.30. The van der Waals surface area contributed by atoms with E-state index in [1.807, 2.05) is 0 Å². The lowest BCUT2D eigenvalue weighted by atomic mass is 9.96. The van der Waals surface area contributed by atoms with Crippen molar-refractivity contribution < 1.29 is 13.2 Å². The summed E-state index contributed by atoms with van der Waals surface area (Å²) in [6.45, 7) is 5.89. The van der Waals surface area contributed by atoms with Gasteiger partial charge in [-0.05, 0) is 63.1 Å². The second-order valence-electron chi connectivity index (χ2n) is 8.04. The molecule has 27 heavy (non-hydrogen) atoms. The average Bonchev–Trinajstić information content (AvgIpc) is 3.05. The minimum absolute atomic E-state index is 0.209. The summed E-state index contributed by atoms with van der Waals surface area (Å²) in [6.07, 6.45) is 6.83. The number of carbonyl (C=O) groups is 1. The van der Waals surface area contributed by atoms with Gasteiger partial charge in [0.05, 0.1) is 0 Å². The van der Waals surface area contributed by atoms with Crippen molar-refractivity contribution in [3.8, 4) is 0 Å². The zero-order valence-electron chi connectivity index (χ0n) is 16.4. The first-order valence-corrected chi connectivity index (χ1v) is 11.5. The van der Waals surface area contributed by atoms with Crippen molar-refractivity contribution in [1.29, 1.82) is 0 Å². The lowest BCUT2D eigenvalue weighted by molar-refractivity contribution is 0.0942. The molecule has 0 aromatic carbocycles. The molecule has 2 fully saturated rings. The van der Waals surface area contributed by atoms with Crippen molar-refractivity contribution in [2.75, 3.05) is 32.7 Å². The van der Waals surface area contributed by atoms with Crippen LogP contribution in [0.5, 0.6) is 0 Å². The van der Waals surface area contributed by atoms with Gasteiger partial charge in [0, 0.05) is 32.9 Å². The molecule has 2 saturated heterocycles. The molecule has 2 aliphatic rings. The van der Waals surface area contributed by atoms with E-state index in [0.29, 0.717) is 37.2 Å². The Morgan fingerprint density at radius 3 is 2.85 bits per heavy atom. The molecule has 0 saturated carbocycles. The summed E-state index contributed by atoms with van der Waals surface area (Å²) in [5.41, 5.74) is 0.389. The van der Waals surface area contributed by atoms with Crippen LogP contribution in [0.4, 0.5) is 0 Å². The minimum Gasteiger partial charge on any atom is -0.351 e. The first kappa shape index (κ1) is 20.4. The summed E-state index contributed by atoms with van der Waals surface area (Å²) in [4.78, 5) is 12.7. The summed E-state index contributed by atoms with van der Waals surface area (Å²) in [6, 6.07) is 1.51. The molecule has 1 aromatic rings. The van der Waals surface area contributed by atoms with E-state index in [1.165, 1.54) is 18.9 Å². The van der Waals surface area contributed by atoms with Crippen LogP contribution in [0.25, 0.3) is 0 Å². The summed E-state index contributed by atoms with van der Waals surface area (Å²) < 4.78 is 29.0. The first-order valence-electron chi connectivity index (χ1n) is 10.0. The van der Waals surface area contributed by atoms with Crippen molar-refractivity contribution in [1.82, 2.24) is 19.5 Å². The van der Waals surface area contributed by atoms with E-state index in [1.54, 1.807) is 22.1 Å². The molecule has 152 valence electrons. The molecule has 7 nitrogen and oxygen atoms in total. The summed E-state index contributed by atoms with van der Waals surface area (Å²) in [7, 11) is -1.82. The maximum atomic E-state index is 12.9. The molecule has 2 atom stereocenters. The minimum atomic E-state index is -3.54. The Labute approximate surface area is 162 Å². The number of rotatable bonds is 6. The van der Waals surface area contributed by atoms with Gasteiger partial charge in [-0.2, -0.15) is 4.31 Å². The zero-order chi connectivity index (χ0) is 19.4. The van der Waals surface area contributed by atoms with Gasteiger partial charge in [-0.15, -0.1) is 0 Å². The Morgan fingerprint density at radius 2 is 2.15 bits per heavy atom. The van der Waals surface area contributed by atoms with Crippen LogP contribution in [0.2, 0.25) is 0 Å². The van der Waals surface area contributed by atoms with Crippen molar-refractivity contribution in [3.05, 3.63) is 18.0 Å². The van der Waals surface area contributed by atoms with Crippen molar-refractivity contribution >= 4 is 15.9 Å². The molecule has 2 unspecified atom stereocenters. The number of sulfonamides is 1. The molecule has 0 aliphatic carbocycles. The molecule has 2 aliphatic heterocycles. The second kappa shape index (κ2) is 8.75. The fourth-order valence-corrected chi connectivity index (χ4v) is 5.74. The van der Waals surface area contributed by atoms with Crippen molar-refractivity contribution in [2.45, 2.75) is 43.9 Å². The van der Waals surface area contributed by atoms with E-state index in [0.717, 1.165) is 32.4 Å².